The molecule has 5 rings (SSSR count). The van der Waals surface area contributed by atoms with Gasteiger partial charge in [0.2, 0.25) is 0 Å². The quantitative estimate of drug-likeness (QED) is 0.766. The Hall–Kier alpha value is -1.47. The van der Waals surface area contributed by atoms with Gasteiger partial charge in [0.05, 0.1) is 22.0 Å². The van der Waals surface area contributed by atoms with Crippen LogP contribution in [-0.4, -0.2) is 13.2 Å². The van der Waals surface area contributed by atoms with Crippen LogP contribution < -0.4 is 9.26 Å². The average Bonchev–Trinajstić information content (AvgIpc) is 2.96. The number of methoxy groups -OCH3 is 1. The summed E-state index contributed by atoms with van der Waals surface area (Å²) in [5.74, 6) is 4.08. The van der Waals surface area contributed by atoms with Gasteiger partial charge in [-0.15, -0.1) is 0 Å². The zero-order valence-electron chi connectivity index (χ0n) is 14.2. The highest BCUT2D eigenvalue weighted by molar-refractivity contribution is 7.10. The molecule has 126 valence electrons. The first-order valence-corrected chi connectivity index (χ1v) is 9.37. The number of hydrogen-bond acceptors (Lipinski definition) is 3. The Balaban J connectivity index is 1.81. The summed E-state index contributed by atoms with van der Waals surface area (Å²) in [5, 5.41) is 0. The fraction of sp³-hybridized carbons (Fsp3) is 0.500. The lowest BCUT2D eigenvalue weighted by Gasteiger charge is -2.52. The molecule has 0 saturated heterocycles. The summed E-state index contributed by atoms with van der Waals surface area (Å²) in [5.41, 5.74) is 4.33. The van der Waals surface area contributed by atoms with Crippen LogP contribution in [0.4, 0.5) is 0 Å². The Morgan fingerprint density at radius 2 is 2.21 bits per heavy atom. The van der Waals surface area contributed by atoms with E-state index >= 15 is 0 Å². The number of allylic oxidation sites excluding steroid dienone is 2. The van der Waals surface area contributed by atoms with Crippen molar-refractivity contribution in [1.82, 2.24) is 0 Å². The zero-order chi connectivity index (χ0) is 16.5. The first-order chi connectivity index (χ1) is 11.7. The van der Waals surface area contributed by atoms with E-state index in [1.54, 1.807) is 12.7 Å². The molecule has 3 nitrogen and oxygen atoms in total. The van der Waals surface area contributed by atoms with Crippen molar-refractivity contribution in [2.75, 3.05) is 7.11 Å². The molecule has 1 aliphatic heterocycles. The van der Waals surface area contributed by atoms with Gasteiger partial charge in [0.1, 0.15) is 5.76 Å². The number of rotatable bonds is 3. The smallest absolute Gasteiger partial charge is 0.169 e. The minimum Gasteiger partial charge on any atom is -0.497 e. The molecule has 4 heteroatoms. The van der Waals surface area contributed by atoms with Gasteiger partial charge in [-0.05, 0) is 48.8 Å². The average molecular weight is 342 g/mol. The highest BCUT2D eigenvalue weighted by Gasteiger charge is 2.62. The van der Waals surface area contributed by atoms with Gasteiger partial charge in [0.25, 0.3) is 0 Å². The standard InChI is InChI=1S/C20H23O3P/c1-3-11-8-9-20-14-5-7-16(21-2)19(20)22-18-15(23-24)6-4-12(17(18)20)10-13(11)14/h4-7,11,13,19H,3,8-10,24H2,1-2H3. The minimum absolute atomic E-state index is 0.0431. The molecule has 0 N–H and O–H groups in total. The molecule has 0 aromatic heterocycles. The third kappa shape index (κ3) is 1.57. The monoisotopic (exact) mass is 342 g/mol. The molecule has 5 unspecified atom stereocenters. The summed E-state index contributed by atoms with van der Waals surface area (Å²) < 4.78 is 17.7. The Morgan fingerprint density at radius 1 is 1.33 bits per heavy atom. The molecule has 1 heterocycles. The molecule has 3 aliphatic carbocycles. The van der Waals surface area contributed by atoms with E-state index in [1.165, 1.54) is 24.0 Å². The van der Waals surface area contributed by atoms with Crippen molar-refractivity contribution in [3.63, 3.8) is 0 Å². The van der Waals surface area contributed by atoms with E-state index in [0.29, 0.717) is 5.92 Å². The van der Waals surface area contributed by atoms with Crippen molar-refractivity contribution < 1.29 is 14.0 Å². The van der Waals surface area contributed by atoms with Crippen LogP contribution in [0.5, 0.6) is 11.5 Å². The third-order valence-electron chi connectivity index (χ3n) is 6.74. The normalized spacial score (nSPS) is 34.7. The van der Waals surface area contributed by atoms with Crippen LogP contribution in [-0.2, 0) is 16.6 Å². The molecular formula is C20H23O3P. The van der Waals surface area contributed by atoms with E-state index in [2.05, 4.69) is 40.7 Å². The molecule has 2 bridgehead atoms. The first-order valence-electron chi connectivity index (χ1n) is 8.90. The molecule has 24 heavy (non-hydrogen) atoms. The Kier molecular flexibility index (Phi) is 3.10. The maximum atomic E-state index is 6.50. The Labute approximate surface area is 145 Å². The Bertz CT molecular complexity index is 781. The van der Waals surface area contributed by atoms with E-state index in [9.17, 15) is 0 Å². The van der Waals surface area contributed by atoms with Crippen LogP contribution in [0.1, 0.15) is 37.3 Å². The summed E-state index contributed by atoms with van der Waals surface area (Å²) in [7, 11) is 4.11. The van der Waals surface area contributed by atoms with Crippen molar-refractivity contribution in [1.29, 1.82) is 0 Å². The highest BCUT2D eigenvalue weighted by Crippen LogP contribution is 2.65. The lowest BCUT2D eigenvalue weighted by atomic mass is 9.51. The number of hydrogen-bond donors (Lipinski definition) is 0. The maximum Gasteiger partial charge on any atom is 0.169 e. The van der Waals surface area contributed by atoms with Gasteiger partial charge < -0.3 is 14.0 Å². The first kappa shape index (κ1) is 14.8. The minimum atomic E-state index is -0.0434. The predicted octanol–water partition coefficient (Wildman–Crippen LogP) is 4.32. The van der Waals surface area contributed by atoms with Crippen molar-refractivity contribution in [2.24, 2.45) is 11.8 Å². The molecule has 5 atom stereocenters. The van der Waals surface area contributed by atoms with Gasteiger partial charge in [0.15, 0.2) is 17.6 Å². The second-order valence-electron chi connectivity index (χ2n) is 7.43. The number of ether oxygens (including phenoxy) is 2. The predicted molar refractivity (Wildman–Crippen MR) is 96.3 cm³/mol. The van der Waals surface area contributed by atoms with Crippen LogP contribution in [0.15, 0.2) is 35.6 Å². The van der Waals surface area contributed by atoms with E-state index in [4.69, 9.17) is 14.0 Å². The van der Waals surface area contributed by atoms with Crippen LogP contribution in [0.2, 0.25) is 0 Å². The van der Waals surface area contributed by atoms with E-state index in [-0.39, 0.29) is 11.5 Å². The SMILES string of the molecule is CCC1CCC23C4=CC=C(OC)C2Oc2c(OP)ccc(c23)CC41. The van der Waals surface area contributed by atoms with Crippen LogP contribution in [0.3, 0.4) is 0 Å². The second-order valence-corrected chi connectivity index (χ2v) is 7.66. The molecule has 1 fully saturated rings. The van der Waals surface area contributed by atoms with E-state index < -0.39 is 0 Å². The number of benzene rings is 1. The van der Waals surface area contributed by atoms with E-state index in [1.807, 2.05) is 0 Å². The van der Waals surface area contributed by atoms with E-state index in [0.717, 1.165) is 36.0 Å². The summed E-state index contributed by atoms with van der Waals surface area (Å²) in [6, 6.07) is 4.30. The zero-order valence-corrected chi connectivity index (χ0v) is 15.3. The fourth-order valence-corrected chi connectivity index (χ4v) is 5.91. The summed E-state index contributed by atoms with van der Waals surface area (Å²) in [6.45, 7) is 2.33. The lowest BCUT2D eigenvalue weighted by Crippen LogP contribution is -2.52. The second kappa shape index (κ2) is 5.02. The summed E-state index contributed by atoms with van der Waals surface area (Å²) >= 11 is 0. The summed E-state index contributed by atoms with van der Waals surface area (Å²) in [6.07, 6.45) is 9.19. The van der Waals surface area contributed by atoms with Gasteiger partial charge in [-0.2, -0.15) is 0 Å². The lowest BCUT2D eigenvalue weighted by molar-refractivity contribution is 0.0810. The van der Waals surface area contributed by atoms with Crippen molar-refractivity contribution in [2.45, 2.75) is 44.1 Å². The third-order valence-corrected chi connectivity index (χ3v) is 7.00. The van der Waals surface area contributed by atoms with Crippen molar-refractivity contribution in [3.05, 3.63) is 46.7 Å². The molecular weight excluding hydrogens is 319 g/mol. The maximum absolute atomic E-state index is 6.50. The molecule has 1 spiro atoms. The van der Waals surface area contributed by atoms with Crippen molar-refractivity contribution in [3.8, 4) is 11.5 Å². The van der Waals surface area contributed by atoms with Gasteiger partial charge >= 0.3 is 0 Å². The Morgan fingerprint density at radius 3 is 2.96 bits per heavy atom. The molecule has 1 saturated carbocycles. The highest BCUT2D eigenvalue weighted by atomic mass is 31.0. The van der Waals surface area contributed by atoms with Crippen LogP contribution >= 0.6 is 9.47 Å². The fourth-order valence-electron chi connectivity index (χ4n) is 5.73. The largest absolute Gasteiger partial charge is 0.497 e. The van der Waals surface area contributed by atoms with Gasteiger partial charge in [-0.1, -0.05) is 31.1 Å². The molecule has 1 aromatic rings. The van der Waals surface area contributed by atoms with Gasteiger partial charge in [-0.25, -0.2) is 0 Å². The molecule has 0 radical (unpaired) electrons. The topological polar surface area (TPSA) is 27.7 Å². The molecule has 0 amide bonds. The van der Waals surface area contributed by atoms with Crippen molar-refractivity contribution >= 4 is 9.47 Å². The molecule has 4 aliphatic rings. The van der Waals surface area contributed by atoms with Gasteiger partial charge in [0, 0.05) is 5.56 Å². The molecule has 1 aromatic carbocycles. The van der Waals surface area contributed by atoms with Crippen LogP contribution in [0.25, 0.3) is 0 Å². The van der Waals surface area contributed by atoms with Gasteiger partial charge in [-0.3, -0.25) is 0 Å². The van der Waals surface area contributed by atoms with Crippen LogP contribution in [0, 0.1) is 11.8 Å². The summed E-state index contributed by atoms with van der Waals surface area (Å²) in [4.78, 5) is 0.